The van der Waals surface area contributed by atoms with Crippen LogP contribution in [0.3, 0.4) is 0 Å². The van der Waals surface area contributed by atoms with Gasteiger partial charge in [-0.3, -0.25) is 4.79 Å². The minimum absolute atomic E-state index is 0.0692. The van der Waals surface area contributed by atoms with Crippen LogP contribution in [0, 0.1) is 0 Å². The molecule has 1 amide bonds. The number of aliphatic hydroxyl groups is 1. The fourth-order valence-corrected chi connectivity index (χ4v) is 7.99. The molecular weight excluding hydrogens is 448 g/mol. The van der Waals surface area contributed by atoms with Gasteiger partial charge in [-0.25, -0.2) is 0 Å². The highest BCUT2D eigenvalue weighted by Crippen LogP contribution is 2.58. The topological polar surface area (TPSA) is 40.5 Å². The number of carbonyl (C=O) groups excluding carboxylic acids is 1. The lowest BCUT2D eigenvalue weighted by molar-refractivity contribution is -0.132. The lowest BCUT2D eigenvalue weighted by atomic mass is 10.0. The van der Waals surface area contributed by atoms with Crippen LogP contribution in [-0.2, 0) is 11.2 Å². The molecule has 174 valence electrons. The summed E-state index contributed by atoms with van der Waals surface area (Å²) in [6.07, 6.45) is 0.505. The number of benzene rings is 4. The predicted octanol–water partition coefficient (Wildman–Crippen LogP) is 4.54. The maximum absolute atomic E-state index is 14.4. The Hall–Kier alpha value is -3.20. The van der Waals surface area contributed by atoms with E-state index in [0.717, 1.165) is 21.7 Å². The Labute approximate surface area is 210 Å². The minimum Gasteiger partial charge on any atom is -0.394 e. The van der Waals surface area contributed by atoms with Gasteiger partial charge in [-0.05, 0) is 35.4 Å². The first-order valence-electron chi connectivity index (χ1n) is 11.8. The molecule has 2 radical (unpaired) electrons. The summed E-state index contributed by atoms with van der Waals surface area (Å²) in [5.41, 5.74) is 1.45. The highest BCUT2D eigenvalue weighted by Gasteiger charge is 2.50. The molecule has 0 bridgehead atoms. The molecule has 0 spiro atoms. The van der Waals surface area contributed by atoms with Crippen LogP contribution in [0.2, 0.25) is 0 Å². The third kappa shape index (κ3) is 5.40. The third-order valence-corrected chi connectivity index (χ3v) is 10.3. The van der Waals surface area contributed by atoms with Crippen molar-refractivity contribution in [3.63, 3.8) is 0 Å². The Morgan fingerprint density at radius 1 is 0.771 bits per heavy atom. The number of nitrogens with zero attached hydrogens (tertiary/aromatic N) is 1. The molecular formula is C30H30BNO2P+. The Morgan fingerprint density at radius 2 is 1.20 bits per heavy atom. The summed E-state index contributed by atoms with van der Waals surface area (Å²) in [5, 5.41) is 12.3. The molecule has 4 aromatic rings. The number of amides is 1. The van der Waals surface area contributed by atoms with Crippen LogP contribution < -0.4 is 10.6 Å². The number of likely N-dealkylation sites (N-methyl/N-ethyl adjacent to an activating group) is 1. The Morgan fingerprint density at radius 3 is 1.66 bits per heavy atom. The zero-order valence-corrected chi connectivity index (χ0v) is 20.8. The van der Waals surface area contributed by atoms with Gasteiger partial charge in [0.2, 0.25) is 0 Å². The standard InChI is InChI=1S/C30H30BNO2P/c1-32(28(23-33)25-16-8-3-9-17-25)30(34)29(22-24-14-6-2-7-15-24)35(31,26-18-10-4-11-19-26)27-20-12-5-13-21-27/h2-21,28-29,33H,22-23H2,1H3/q+1/t28-,29-/m0/s1. The van der Waals surface area contributed by atoms with Gasteiger partial charge in [0.05, 0.1) is 23.3 Å². The molecule has 2 atom stereocenters. The lowest BCUT2D eigenvalue weighted by Gasteiger charge is -2.36. The van der Waals surface area contributed by atoms with Gasteiger partial charge < -0.3 is 10.0 Å². The van der Waals surface area contributed by atoms with E-state index in [0.29, 0.717) is 6.42 Å². The second-order valence-electron chi connectivity index (χ2n) is 8.71. The molecule has 0 aliphatic carbocycles. The summed E-state index contributed by atoms with van der Waals surface area (Å²) in [7, 11) is 6.55. The third-order valence-electron chi connectivity index (χ3n) is 6.59. The predicted molar refractivity (Wildman–Crippen MR) is 148 cm³/mol. The Bertz CT molecular complexity index is 1170. The smallest absolute Gasteiger partial charge is 0.378 e. The molecule has 0 saturated carbocycles. The molecule has 35 heavy (non-hydrogen) atoms. The summed E-state index contributed by atoms with van der Waals surface area (Å²) in [6.45, 7) is -0.170. The first kappa shape index (κ1) is 24.9. The maximum atomic E-state index is 14.4. The Balaban J connectivity index is 1.84. The van der Waals surface area contributed by atoms with E-state index in [4.69, 9.17) is 7.57 Å². The number of rotatable bonds is 9. The Kier molecular flexibility index (Phi) is 8.18. The van der Waals surface area contributed by atoms with Crippen molar-refractivity contribution in [2.75, 3.05) is 13.7 Å². The van der Waals surface area contributed by atoms with Crippen molar-refractivity contribution >= 4 is 31.2 Å². The normalized spacial score (nSPS) is 13.1. The van der Waals surface area contributed by atoms with E-state index in [-0.39, 0.29) is 12.5 Å². The summed E-state index contributed by atoms with van der Waals surface area (Å²) in [6, 6.07) is 39.2. The molecule has 0 unspecified atom stereocenters. The van der Waals surface area contributed by atoms with Gasteiger partial charge in [0, 0.05) is 20.6 Å². The molecule has 3 nitrogen and oxygen atoms in total. The summed E-state index contributed by atoms with van der Waals surface area (Å²) in [5.74, 6) is -0.0692. The van der Waals surface area contributed by atoms with Crippen LogP contribution in [0.1, 0.15) is 17.2 Å². The van der Waals surface area contributed by atoms with E-state index in [1.165, 1.54) is 0 Å². The van der Waals surface area contributed by atoms with E-state index < -0.39 is 18.8 Å². The molecule has 1 N–H and O–H groups in total. The van der Waals surface area contributed by atoms with Crippen molar-refractivity contribution in [3.05, 3.63) is 132 Å². The van der Waals surface area contributed by atoms with Crippen molar-refractivity contribution in [2.45, 2.75) is 18.1 Å². The van der Waals surface area contributed by atoms with Crippen LogP contribution in [0.25, 0.3) is 0 Å². The number of hydrogen-bond acceptors (Lipinski definition) is 2. The van der Waals surface area contributed by atoms with Crippen LogP contribution >= 0.6 is 7.14 Å². The second kappa shape index (κ2) is 11.5. The summed E-state index contributed by atoms with van der Waals surface area (Å²) >= 11 is 0. The lowest BCUT2D eigenvalue weighted by Crippen LogP contribution is -2.46. The SMILES string of the molecule is [B][P+](c1ccccc1)(c1ccccc1)[C@@H](Cc1ccccc1)C(=O)N(C)[C@@H](CO)c1ccccc1. The molecule has 0 heterocycles. The zero-order valence-electron chi connectivity index (χ0n) is 19.9. The fourth-order valence-electron chi connectivity index (χ4n) is 4.62. The van der Waals surface area contributed by atoms with Gasteiger partial charge in [-0.2, -0.15) is 0 Å². The fraction of sp³-hybridized carbons (Fsp3) is 0.167. The minimum atomic E-state index is -2.67. The number of aliphatic hydroxyl groups excluding tert-OH is 1. The highest BCUT2D eigenvalue weighted by atomic mass is 31.2. The van der Waals surface area contributed by atoms with Crippen LogP contribution in [0.15, 0.2) is 121 Å². The van der Waals surface area contributed by atoms with Crippen molar-refractivity contribution in [1.29, 1.82) is 0 Å². The van der Waals surface area contributed by atoms with E-state index in [2.05, 4.69) is 0 Å². The average molecular weight is 478 g/mol. The van der Waals surface area contributed by atoms with Gasteiger partial charge in [0.25, 0.3) is 5.91 Å². The van der Waals surface area contributed by atoms with E-state index in [1.54, 1.807) is 11.9 Å². The molecule has 0 aliphatic rings. The van der Waals surface area contributed by atoms with Gasteiger partial charge in [0.1, 0.15) is 5.66 Å². The molecule has 0 saturated heterocycles. The molecule has 4 aromatic carbocycles. The molecule has 4 rings (SSSR count). The highest BCUT2D eigenvalue weighted by molar-refractivity contribution is 8.09. The van der Waals surface area contributed by atoms with Gasteiger partial charge in [-0.15, -0.1) is 0 Å². The van der Waals surface area contributed by atoms with Crippen molar-refractivity contribution < 1.29 is 9.90 Å². The molecule has 0 aromatic heterocycles. The number of carbonyl (C=O) groups is 1. The second-order valence-corrected chi connectivity index (χ2v) is 11.9. The van der Waals surface area contributed by atoms with E-state index in [1.807, 2.05) is 121 Å². The summed E-state index contributed by atoms with van der Waals surface area (Å²) < 4.78 is 0. The molecule has 0 aliphatic heterocycles. The monoisotopic (exact) mass is 478 g/mol. The van der Waals surface area contributed by atoms with Crippen molar-refractivity contribution in [3.8, 4) is 0 Å². The van der Waals surface area contributed by atoms with Crippen LogP contribution in [0.5, 0.6) is 0 Å². The summed E-state index contributed by atoms with van der Waals surface area (Å²) in [4.78, 5) is 16.1. The molecule has 0 fully saturated rings. The zero-order chi connectivity index (χ0) is 24.7. The first-order valence-corrected chi connectivity index (χ1v) is 13.7. The average Bonchev–Trinajstić information content (AvgIpc) is 2.93. The van der Waals surface area contributed by atoms with Gasteiger partial charge in [0.15, 0.2) is 0 Å². The van der Waals surface area contributed by atoms with Crippen LogP contribution in [0.4, 0.5) is 0 Å². The van der Waals surface area contributed by atoms with E-state index >= 15 is 0 Å². The quantitative estimate of drug-likeness (QED) is 0.284. The van der Waals surface area contributed by atoms with Crippen molar-refractivity contribution in [2.24, 2.45) is 0 Å². The number of hydrogen-bond donors (Lipinski definition) is 1. The molecule has 5 heteroatoms. The van der Waals surface area contributed by atoms with Crippen LogP contribution in [-0.4, -0.2) is 42.8 Å². The van der Waals surface area contributed by atoms with E-state index in [9.17, 15) is 9.90 Å². The van der Waals surface area contributed by atoms with Gasteiger partial charge >= 0.3 is 7.57 Å². The van der Waals surface area contributed by atoms with Crippen molar-refractivity contribution in [1.82, 2.24) is 4.90 Å². The maximum Gasteiger partial charge on any atom is 0.378 e. The largest absolute Gasteiger partial charge is 0.394 e. The first-order chi connectivity index (χ1) is 17.1. The van der Waals surface area contributed by atoms with Gasteiger partial charge in [-0.1, -0.05) is 97.1 Å².